The standard InChI is InChI=1S/C20H16F3N3O3S/c1-12(27)25-14-5-6-18(17(8-14)20(21,22)23)26-19(28)13-3-2-4-16(7-13)29-9-15-10-30-11-24-15/h2-8,10-11H,9H2,1H3,(H,25,27)(H,26,28). The Bertz CT molecular complexity index is 1050. The van der Waals surface area contributed by atoms with Crippen molar-refractivity contribution in [2.75, 3.05) is 10.6 Å². The Balaban J connectivity index is 1.78. The van der Waals surface area contributed by atoms with Gasteiger partial charge in [0.05, 0.1) is 22.5 Å². The van der Waals surface area contributed by atoms with Crippen molar-refractivity contribution in [1.82, 2.24) is 4.98 Å². The number of nitrogens with one attached hydrogen (secondary N) is 2. The first-order valence-electron chi connectivity index (χ1n) is 8.62. The van der Waals surface area contributed by atoms with Gasteiger partial charge in [0.2, 0.25) is 5.91 Å². The lowest BCUT2D eigenvalue weighted by Crippen LogP contribution is -2.17. The van der Waals surface area contributed by atoms with E-state index >= 15 is 0 Å². The maximum Gasteiger partial charge on any atom is 0.418 e. The van der Waals surface area contributed by atoms with E-state index in [0.29, 0.717) is 5.75 Å². The number of carbonyl (C=O) groups is 2. The van der Waals surface area contributed by atoms with Crippen molar-refractivity contribution >= 4 is 34.5 Å². The van der Waals surface area contributed by atoms with E-state index in [9.17, 15) is 22.8 Å². The third-order valence-electron chi connectivity index (χ3n) is 3.86. The average molecular weight is 435 g/mol. The Morgan fingerprint density at radius 2 is 1.93 bits per heavy atom. The molecule has 1 aromatic heterocycles. The number of halogens is 3. The molecule has 0 atom stereocenters. The lowest BCUT2D eigenvalue weighted by atomic mass is 10.1. The number of nitrogens with zero attached hydrogens (tertiary/aromatic N) is 1. The van der Waals surface area contributed by atoms with Crippen LogP contribution in [0.4, 0.5) is 24.5 Å². The maximum atomic E-state index is 13.4. The van der Waals surface area contributed by atoms with Crippen LogP contribution in [0, 0.1) is 0 Å². The van der Waals surface area contributed by atoms with Crippen molar-refractivity contribution in [1.29, 1.82) is 0 Å². The number of rotatable bonds is 6. The van der Waals surface area contributed by atoms with E-state index in [1.165, 1.54) is 36.5 Å². The predicted molar refractivity (Wildman–Crippen MR) is 107 cm³/mol. The molecule has 1 heterocycles. The number of hydrogen-bond acceptors (Lipinski definition) is 5. The molecule has 156 valence electrons. The van der Waals surface area contributed by atoms with Gasteiger partial charge >= 0.3 is 6.18 Å². The van der Waals surface area contributed by atoms with Gasteiger partial charge in [-0.3, -0.25) is 9.59 Å². The van der Waals surface area contributed by atoms with E-state index in [2.05, 4.69) is 15.6 Å². The molecule has 0 spiro atoms. The predicted octanol–water partition coefficient (Wildman–Crippen LogP) is 4.95. The molecular weight excluding hydrogens is 419 g/mol. The van der Waals surface area contributed by atoms with Crippen molar-refractivity contribution in [2.24, 2.45) is 0 Å². The summed E-state index contributed by atoms with van der Waals surface area (Å²) in [6.45, 7) is 1.39. The molecule has 10 heteroatoms. The van der Waals surface area contributed by atoms with Crippen molar-refractivity contribution in [3.8, 4) is 5.75 Å². The van der Waals surface area contributed by atoms with E-state index in [1.807, 2.05) is 5.38 Å². The van der Waals surface area contributed by atoms with Crippen LogP contribution in [0.1, 0.15) is 28.5 Å². The highest BCUT2D eigenvalue weighted by molar-refractivity contribution is 7.07. The molecule has 2 aromatic carbocycles. The molecule has 2 amide bonds. The fraction of sp³-hybridized carbons (Fsp3) is 0.150. The van der Waals surface area contributed by atoms with Gasteiger partial charge in [-0.2, -0.15) is 13.2 Å². The van der Waals surface area contributed by atoms with E-state index in [1.54, 1.807) is 17.6 Å². The Kier molecular flexibility index (Phi) is 6.36. The van der Waals surface area contributed by atoms with Crippen LogP contribution >= 0.6 is 11.3 Å². The number of thiazole rings is 1. The molecule has 0 fully saturated rings. The van der Waals surface area contributed by atoms with Crippen LogP contribution < -0.4 is 15.4 Å². The molecular formula is C20H16F3N3O3S. The highest BCUT2D eigenvalue weighted by Gasteiger charge is 2.34. The van der Waals surface area contributed by atoms with Crippen molar-refractivity contribution < 1.29 is 27.5 Å². The van der Waals surface area contributed by atoms with Gasteiger partial charge in [-0.05, 0) is 36.4 Å². The summed E-state index contributed by atoms with van der Waals surface area (Å²) in [5.74, 6) is -0.853. The molecule has 6 nitrogen and oxygen atoms in total. The van der Waals surface area contributed by atoms with E-state index < -0.39 is 29.2 Å². The number of alkyl halides is 3. The number of anilines is 2. The van der Waals surface area contributed by atoms with Crippen molar-refractivity contribution in [3.63, 3.8) is 0 Å². The molecule has 0 aliphatic rings. The largest absolute Gasteiger partial charge is 0.487 e. The minimum absolute atomic E-state index is 0.0229. The second-order valence-electron chi connectivity index (χ2n) is 6.19. The van der Waals surface area contributed by atoms with Gasteiger partial charge in [0.25, 0.3) is 5.91 Å². The molecule has 0 aliphatic carbocycles. The van der Waals surface area contributed by atoms with Crippen LogP contribution in [0.25, 0.3) is 0 Å². The molecule has 0 aliphatic heterocycles. The van der Waals surface area contributed by atoms with Crippen LogP contribution in [0.5, 0.6) is 5.75 Å². The van der Waals surface area contributed by atoms with Gasteiger partial charge in [-0.25, -0.2) is 4.98 Å². The Morgan fingerprint density at radius 3 is 2.60 bits per heavy atom. The van der Waals surface area contributed by atoms with Gasteiger partial charge in [-0.15, -0.1) is 11.3 Å². The monoisotopic (exact) mass is 435 g/mol. The first-order valence-corrected chi connectivity index (χ1v) is 9.57. The number of aromatic nitrogens is 1. The van der Waals surface area contributed by atoms with Crippen LogP contribution in [-0.4, -0.2) is 16.8 Å². The molecule has 0 bridgehead atoms. The van der Waals surface area contributed by atoms with Crippen LogP contribution in [0.3, 0.4) is 0 Å². The summed E-state index contributed by atoms with van der Waals surface area (Å²) in [7, 11) is 0. The van der Waals surface area contributed by atoms with Crippen molar-refractivity contribution in [2.45, 2.75) is 19.7 Å². The molecule has 0 saturated carbocycles. The number of benzene rings is 2. The molecule has 0 unspecified atom stereocenters. The van der Waals surface area contributed by atoms with Crippen LogP contribution in [0.2, 0.25) is 0 Å². The minimum atomic E-state index is -4.73. The molecule has 0 saturated heterocycles. The maximum absolute atomic E-state index is 13.4. The molecule has 3 rings (SSSR count). The lowest BCUT2D eigenvalue weighted by Gasteiger charge is -2.16. The van der Waals surface area contributed by atoms with Gasteiger partial charge < -0.3 is 15.4 Å². The summed E-state index contributed by atoms with van der Waals surface area (Å²) in [6.07, 6.45) is -4.73. The normalized spacial score (nSPS) is 11.1. The zero-order valence-corrected chi connectivity index (χ0v) is 16.4. The second-order valence-corrected chi connectivity index (χ2v) is 6.91. The van der Waals surface area contributed by atoms with Crippen LogP contribution in [-0.2, 0) is 17.6 Å². The third kappa shape index (κ3) is 5.57. The topological polar surface area (TPSA) is 80.3 Å². The fourth-order valence-electron chi connectivity index (χ4n) is 2.56. The number of hydrogen-bond donors (Lipinski definition) is 2. The van der Waals surface area contributed by atoms with E-state index in [0.717, 1.165) is 17.8 Å². The highest BCUT2D eigenvalue weighted by Crippen LogP contribution is 2.37. The number of ether oxygens (including phenoxy) is 1. The van der Waals surface area contributed by atoms with Gasteiger partial charge in [0.1, 0.15) is 12.4 Å². The summed E-state index contributed by atoms with van der Waals surface area (Å²) >= 11 is 1.42. The zero-order chi connectivity index (χ0) is 21.7. The summed E-state index contributed by atoms with van der Waals surface area (Å²) in [5.41, 5.74) is 1.00. The van der Waals surface area contributed by atoms with E-state index in [-0.39, 0.29) is 17.9 Å². The van der Waals surface area contributed by atoms with Crippen molar-refractivity contribution in [3.05, 3.63) is 70.2 Å². The van der Waals surface area contributed by atoms with Crippen LogP contribution in [0.15, 0.2) is 53.4 Å². The molecule has 2 N–H and O–H groups in total. The third-order valence-corrected chi connectivity index (χ3v) is 4.50. The van der Waals surface area contributed by atoms with E-state index in [4.69, 9.17) is 4.74 Å². The number of carbonyl (C=O) groups excluding carboxylic acids is 2. The summed E-state index contributed by atoms with van der Waals surface area (Å²) < 4.78 is 45.9. The SMILES string of the molecule is CC(=O)Nc1ccc(NC(=O)c2cccc(OCc3cscn3)c2)c(C(F)(F)F)c1. The highest BCUT2D eigenvalue weighted by atomic mass is 32.1. The Hall–Kier alpha value is -3.40. The lowest BCUT2D eigenvalue weighted by molar-refractivity contribution is -0.137. The van der Waals surface area contributed by atoms with Gasteiger partial charge in [0, 0.05) is 23.6 Å². The fourth-order valence-corrected chi connectivity index (χ4v) is 3.10. The smallest absolute Gasteiger partial charge is 0.418 e. The first kappa shape index (κ1) is 21.3. The summed E-state index contributed by atoms with van der Waals surface area (Å²) in [6, 6.07) is 9.23. The summed E-state index contributed by atoms with van der Waals surface area (Å²) in [5, 5.41) is 6.38. The molecule has 3 aromatic rings. The summed E-state index contributed by atoms with van der Waals surface area (Å²) in [4.78, 5) is 27.7. The molecule has 0 radical (unpaired) electrons. The first-order chi connectivity index (χ1) is 14.2. The minimum Gasteiger partial charge on any atom is -0.487 e. The molecule has 30 heavy (non-hydrogen) atoms. The van der Waals surface area contributed by atoms with Gasteiger partial charge in [0.15, 0.2) is 0 Å². The Labute approximate surface area is 173 Å². The second kappa shape index (κ2) is 8.95. The average Bonchev–Trinajstić information content (AvgIpc) is 3.20. The number of amides is 2. The zero-order valence-electron chi connectivity index (χ0n) is 15.6. The van der Waals surface area contributed by atoms with Gasteiger partial charge in [-0.1, -0.05) is 6.07 Å². The Morgan fingerprint density at radius 1 is 1.13 bits per heavy atom. The quantitative estimate of drug-likeness (QED) is 0.574.